The Morgan fingerprint density at radius 1 is 1.04 bits per heavy atom. The first-order valence-electron chi connectivity index (χ1n) is 8.36. The van der Waals surface area contributed by atoms with E-state index in [9.17, 15) is 8.78 Å². The summed E-state index contributed by atoms with van der Waals surface area (Å²) in [5, 5.41) is 0.685. The van der Waals surface area contributed by atoms with Crippen molar-refractivity contribution in [3.05, 3.63) is 81.9 Å². The molecule has 0 nitrogen and oxygen atoms in total. The Labute approximate surface area is 147 Å². The topological polar surface area (TPSA) is 0 Å². The number of benzene rings is 2. The second kappa shape index (κ2) is 7.06. The third kappa shape index (κ3) is 3.54. The number of hydrogen-bond donors (Lipinski definition) is 0. The molecular weight excluding hydrogens is 326 g/mol. The summed E-state index contributed by atoms with van der Waals surface area (Å²) in [6.07, 6.45) is 6.36. The van der Waals surface area contributed by atoms with Crippen LogP contribution in [0.1, 0.15) is 43.7 Å². The van der Waals surface area contributed by atoms with Gasteiger partial charge in [0.15, 0.2) is 0 Å². The lowest BCUT2D eigenvalue weighted by molar-refractivity contribution is 0.315. The smallest absolute Gasteiger partial charge is 0.127 e. The van der Waals surface area contributed by atoms with E-state index in [1.54, 1.807) is 0 Å². The van der Waals surface area contributed by atoms with Gasteiger partial charge in [0.05, 0.1) is 0 Å². The van der Waals surface area contributed by atoms with Gasteiger partial charge in [-0.15, -0.1) is 0 Å². The second-order valence-corrected chi connectivity index (χ2v) is 7.09. The summed E-state index contributed by atoms with van der Waals surface area (Å²) in [6, 6.07) is 11.5. The Kier molecular flexibility index (Phi) is 5.05. The van der Waals surface area contributed by atoms with Crippen LogP contribution in [-0.2, 0) is 11.8 Å². The molecular formula is C21H21ClF2. The maximum atomic E-state index is 14.5. The molecule has 0 radical (unpaired) electrons. The molecule has 126 valence electrons. The lowest BCUT2D eigenvalue weighted by atomic mass is 9.65. The zero-order valence-electron chi connectivity index (χ0n) is 13.8. The molecule has 0 unspecified atom stereocenters. The summed E-state index contributed by atoms with van der Waals surface area (Å²) >= 11 is 5.97. The molecule has 0 spiro atoms. The van der Waals surface area contributed by atoms with Gasteiger partial charge in [-0.2, -0.15) is 0 Å². The van der Waals surface area contributed by atoms with Crippen LogP contribution in [-0.4, -0.2) is 0 Å². The Morgan fingerprint density at radius 3 is 2.33 bits per heavy atom. The average Bonchev–Trinajstić information content (AvgIpc) is 2.60. The minimum Gasteiger partial charge on any atom is -0.207 e. The van der Waals surface area contributed by atoms with Crippen molar-refractivity contribution in [2.45, 2.75) is 44.4 Å². The normalized spacial score (nSPS) is 20.9. The molecule has 2 aromatic carbocycles. The maximum absolute atomic E-state index is 14.5. The van der Waals surface area contributed by atoms with E-state index < -0.39 is 0 Å². The fourth-order valence-electron chi connectivity index (χ4n) is 3.78. The fourth-order valence-corrected chi connectivity index (χ4v) is 3.90. The first-order chi connectivity index (χ1) is 11.5. The lowest BCUT2D eigenvalue weighted by Crippen LogP contribution is -2.33. The van der Waals surface area contributed by atoms with Crippen LogP contribution in [0.4, 0.5) is 8.78 Å². The van der Waals surface area contributed by atoms with Crippen LogP contribution >= 0.6 is 11.6 Å². The van der Waals surface area contributed by atoms with Crippen molar-refractivity contribution in [3.63, 3.8) is 0 Å². The summed E-state index contributed by atoms with van der Waals surface area (Å²) in [5.74, 6) is -0.687. The number of hydrogen-bond acceptors (Lipinski definition) is 0. The maximum Gasteiger partial charge on any atom is 0.127 e. The molecule has 1 aliphatic rings. The molecule has 0 aromatic heterocycles. The van der Waals surface area contributed by atoms with Gasteiger partial charge >= 0.3 is 0 Å². The third-order valence-corrected chi connectivity index (χ3v) is 5.47. The minimum absolute atomic E-state index is 0.311. The van der Waals surface area contributed by atoms with Gasteiger partial charge in [0, 0.05) is 10.4 Å². The van der Waals surface area contributed by atoms with E-state index >= 15 is 0 Å². The van der Waals surface area contributed by atoms with Crippen molar-refractivity contribution in [1.82, 2.24) is 0 Å². The van der Waals surface area contributed by atoms with Crippen LogP contribution in [0, 0.1) is 11.6 Å². The van der Waals surface area contributed by atoms with Gasteiger partial charge < -0.3 is 0 Å². The Hall–Kier alpha value is -1.67. The first kappa shape index (κ1) is 17.2. The van der Waals surface area contributed by atoms with E-state index in [4.69, 9.17) is 11.6 Å². The van der Waals surface area contributed by atoms with Crippen LogP contribution in [0.2, 0.25) is 5.02 Å². The van der Waals surface area contributed by atoms with Crippen LogP contribution in [0.25, 0.3) is 0 Å². The van der Waals surface area contributed by atoms with Gasteiger partial charge in [0.1, 0.15) is 11.6 Å². The molecule has 1 fully saturated rings. The Balaban J connectivity index is 2.01. The van der Waals surface area contributed by atoms with Gasteiger partial charge in [-0.05, 0) is 80.5 Å². The molecule has 0 aliphatic heterocycles. The highest BCUT2D eigenvalue weighted by Gasteiger charge is 2.37. The summed E-state index contributed by atoms with van der Waals surface area (Å²) in [6.45, 7) is 2.05. The minimum atomic E-state index is -0.376. The highest BCUT2D eigenvalue weighted by atomic mass is 35.5. The van der Waals surface area contributed by atoms with Crippen molar-refractivity contribution < 1.29 is 8.78 Å². The number of halogens is 3. The summed E-state index contributed by atoms with van der Waals surface area (Å²) in [4.78, 5) is 0. The zero-order chi connectivity index (χ0) is 17.2. The summed E-state index contributed by atoms with van der Waals surface area (Å²) in [7, 11) is 0. The monoisotopic (exact) mass is 346 g/mol. The van der Waals surface area contributed by atoms with Crippen molar-refractivity contribution >= 4 is 11.6 Å². The first-order valence-corrected chi connectivity index (χ1v) is 8.74. The third-order valence-electron chi connectivity index (χ3n) is 5.21. The van der Waals surface area contributed by atoms with Gasteiger partial charge in [-0.25, -0.2) is 8.78 Å². The van der Waals surface area contributed by atoms with Crippen LogP contribution in [0.5, 0.6) is 0 Å². The summed E-state index contributed by atoms with van der Waals surface area (Å²) in [5.41, 5.74) is 2.64. The molecule has 2 aromatic rings. The van der Waals surface area contributed by atoms with Crippen LogP contribution in [0.3, 0.4) is 0 Å². The number of rotatable bonds is 3. The molecule has 3 rings (SSSR count). The zero-order valence-corrected chi connectivity index (χ0v) is 14.5. The predicted molar refractivity (Wildman–Crippen MR) is 95.4 cm³/mol. The van der Waals surface area contributed by atoms with Gasteiger partial charge in [0.2, 0.25) is 0 Å². The van der Waals surface area contributed by atoms with E-state index in [2.05, 4.69) is 6.08 Å². The Bertz CT molecular complexity index is 737. The highest BCUT2D eigenvalue weighted by molar-refractivity contribution is 6.30. The Morgan fingerprint density at radius 2 is 1.71 bits per heavy atom. The average molecular weight is 347 g/mol. The molecule has 24 heavy (non-hydrogen) atoms. The van der Waals surface area contributed by atoms with Gasteiger partial charge in [-0.3, -0.25) is 0 Å². The molecule has 0 saturated heterocycles. The van der Waals surface area contributed by atoms with E-state index in [1.165, 1.54) is 23.8 Å². The molecule has 1 saturated carbocycles. The van der Waals surface area contributed by atoms with E-state index in [1.807, 2.05) is 31.2 Å². The van der Waals surface area contributed by atoms with Gasteiger partial charge in [0.25, 0.3) is 0 Å². The van der Waals surface area contributed by atoms with E-state index in [0.29, 0.717) is 17.0 Å². The SMILES string of the molecule is CC=C1CCC(Cc2ccc(Cl)cc2)(c2cc(F)ccc2F)CC1. The predicted octanol–water partition coefficient (Wildman–Crippen LogP) is 6.62. The van der Waals surface area contributed by atoms with E-state index in [-0.39, 0.29) is 17.0 Å². The molecule has 0 N–H and O–H groups in total. The standard InChI is InChI=1S/C21H21ClF2/c1-2-15-9-11-21(12-10-15,14-16-3-5-17(22)6-4-16)19-13-18(23)7-8-20(19)24/h2-8,13H,9-12,14H2,1H3. The number of allylic oxidation sites excluding steroid dienone is 2. The second-order valence-electron chi connectivity index (χ2n) is 6.65. The van der Waals surface area contributed by atoms with Crippen molar-refractivity contribution in [1.29, 1.82) is 0 Å². The fraction of sp³-hybridized carbons (Fsp3) is 0.333. The molecule has 1 aliphatic carbocycles. The van der Waals surface area contributed by atoms with Gasteiger partial charge in [-0.1, -0.05) is 35.4 Å². The summed E-state index contributed by atoms with van der Waals surface area (Å²) < 4.78 is 28.4. The van der Waals surface area contributed by atoms with E-state index in [0.717, 1.165) is 31.2 Å². The molecule has 3 heteroatoms. The van der Waals surface area contributed by atoms with Crippen molar-refractivity contribution in [2.24, 2.45) is 0 Å². The molecule has 0 bridgehead atoms. The lowest BCUT2D eigenvalue weighted by Gasteiger charge is -2.39. The van der Waals surface area contributed by atoms with Crippen LogP contribution in [0.15, 0.2) is 54.1 Å². The highest BCUT2D eigenvalue weighted by Crippen LogP contribution is 2.45. The van der Waals surface area contributed by atoms with Crippen molar-refractivity contribution in [3.8, 4) is 0 Å². The van der Waals surface area contributed by atoms with Crippen molar-refractivity contribution in [2.75, 3.05) is 0 Å². The molecule has 0 heterocycles. The van der Waals surface area contributed by atoms with Crippen LogP contribution < -0.4 is 0 Å². The largest absolute Gasteiger partial charge is 0.207 e. The molecule has 0 atom stereocenters. The molecule has 0 amide bonds. The quantitative estimate of drug-likeness (QED) is 0.548.